The number of para-hydroxylation sites is 1. The maximum absolute atomic E-state index is 14.1. The SMILES string of the molecule is COc1ccc(CCNC(=O)c2ccc(N3C(=O)[C@@H]4Cc5c([nH]c6ccccc56)[C@H](c5ccc(C)cc5)N4C3=O)cc2)cc1. The molecular formula is C36H32N4O4. The van der Waals surface area contributed by atoms with Crippen LogP contribution in [0.2, 0.25) is 0 Å². The molecule has 8 heteroatoms. The highest BCUT2D eigenvalue weighted by atomic mass is 16.5. The van der Waals surface area contributed by atoms with Crippen LogP contribution in [0.3, 0.4) is 0 Å². The van der Waals surface area contributed by atoms with E-state index in [0.29, 0.717) is 30.6 Å². The first kappa shape index (κ1) is 27.5. The number of rotatable bonds is 7. The molecule has 0 unspecified atom stereocenters. The molecule has 2 atom stereocenters. The number of hydrogen-bond donors (Lipinski definition) is 2. The molecule has 220 valence electrons. The van der Waals surface area contributed by atoms with Crippen molar-refractivity contribution in [1.82, 2.24) is 15.2 Å². The fourth-order valence-electron chi connectivity index (χ4n) is 6.38. The predicted octanol–water partition coefficient (Wildman–Crippen LogP) is 5.94. The van der Waals surface area contributed by atoms with Crippen LogP contribution in [0.25, 0.3) is 10.9 Å². The predicted molar refractivity (Wildman–Crippen MR) is 169 cm³/mol. The van der Waals surface area contributed by atoms with Gasteiger partial charge in [-0.05, 0) is 72.5 Å². The molecule has 3 heterocycles. The first-order valence-electron chi connectivity index (χ1n) is 14.8. The number of fused-ring (bicyclic) bond motifs is 4. The number of aromatic amines is 1. The number of anilines is 1. The van der Waals surface area contributed by atoms with Crippen molar-refractivity contribution in [2.24, 2.45) is 0 Å². The second-order valence-corrected chi connectivity index (χ2v) is 11.4. The van der Waals surface area contributed by atoms with Crippen molar-refractivity contribution < 1.29 is 19.1 Å². The molecule has 0 bridgehead atoms. The number of benzene rings is 4. The summed E-state index contributed by atoms with van der Waals surface area (Å²) in [5.74, 6) is 0.308. The smallest absolute Gasteiger partial charge is 0.332 e. The van der Waals surface area contributed by atoms with E-state index < -0.39 is 12.1 Å². The van der Waals surface area contributed by atoms with Crippen LogP contribution in [0, 0.1) is 6.92 Å². The Kier molecular flexibility index (Phi) is 6.89. The van der Waals surface area contributed by atoms with Gasteiger partial charge in [0.1, 0.15) is 17.8 Å². The molecule has 0 spiro atoms. The molecule has 1 saturated heterocycles. The zero-order valence-electron chi connectivity index (χ0n) is 24.5. The van der Waals surface area contributed by atoms with Crippen molar-refractivity contribution in [1.29, 1.82) is 0 Å². The normalized spacial score (nSPS) is 17.5. The number of nitrogens with one attached hydrogen (secondary N) is 2. The summed E-state index contributed by atoms with van der Waals surface area (Å²) in [6, 6.07) is 29.1. The molecule has 8 nitrogen and oxygen atoms in total. The van der Waals surface area contributed by atoms with Gasteiger partial charge in [-0.25, -0.2) is 9.69 Å². The van der Waals surface area contributed by atoms with Crippen LogP contribution in [0.4, 0.5) is 10.5 Å². The number of carbonyl (C=O) groups excluding carboxylic acids is 3. The van der Waals surface area contributed by atoms with Gasteiger partial charge in [-0.15, -0.1) is 0 Å². The number of aromatic nitrogens is 1. The summed E-state index contributed by atoms with van der Waals surface area (Å²) < 4.78 is 5.19. The highest BCUT2D eigenvalue weighted by Gasteiger charge is 2.53. The topological polar surface area (TPSA) is 94.7 Å². The van der Waals surface area contributed by atoms with E-state index in [0.717, 1.165) is 44.6 Å². The van der Waals surface area contributed by atoms with E-state index in [1.807, 2.05) is 73.7 Å². The third kappa shape index (κ3) is 4.68. The van der Waals surface area contributed by atoms with Crippen molar-refractivity contribution in [3.8, 4) is 5.75 Å². The van der Waals surface area contributed by atoms with Crippen molar-refractivity contribution in [2.45, 2.75) is 31.8 Å². The Labute approximate surface area is 255 Å². The van der Waals surface area contributed by atoms with E-state index in [-0.39, 0.29) is 17.8 Å². The Morgan fingerprint density at radius 3 is 2.39 bits per heavy atom. The highest BCUT2D eigenvalue weighted by molar-refractivity contribution is 6.22. The Morgan fingerprint density at radius 1 is 0.932 bits per heavy atom. The number of urea groups is 1. The molecule has 1 fully saturated rings. The summed E-state index contributed by atoms with van der Waals surface area (Å²) in [7, 11) is 1.63. The number of carbonyl (C=O) groups is 3. The number of imide groups is 1. The minimum atomic E-state index is -0.638. The van der Waals surface area contributed by atoms with Gasteiger partial charge in [0.2, 0.25) is 0 Å². The number of amides is 4. The average molecular weight is 585 g/mol. The lowest BCUT2D eigenvalue weighted by molar-refractivity contribution is -0.120. The first-order valence-corrected chi connectivity index (χ1v) is 14.8. The summed E-state index contributed by atoms with van der Waals surface area (Å²) in [6.07, 6.45) is 1.11. The van der Waals surface area contributed by atoms with Gasteiger partial charge >= 0.3 is 6.03 Å². The molecule has 4 aromatic carbocycles. The number of H-pyrrole nitrogens is 1. The van der Waals surface area contributed by atoms with Crippen molar-refractivity contribution in [3.05, 3.63) is 131 Å². The number of nitrogens with zero attached hydrogens (tertiary/aromatic N) is 2. The minimum absolute atomic E-state index is 0.216. The Bertz CT molecular complexity index is 1880. The first-order chi connectivity index (χ1) is 21.4. The summed E-state index contributed by atoms with van der Waals surface area (Å²) >= 11 is 0. The Balaban J connectivity index is 1.13. The lowest BCUT2D eigenvalue weighted by Crippen LogP contribution is -2.44. The zero-order valence-corrected chi connectivity index (χ0v) is 24.5. The van der Waals surface area contributed by atoms with Crippen LogP contribution in [-0.2, 0) is 17.6 Å². The van der Waals surface area contributed by atoms with Crippen LogP contribution in [0.5, 0.6) is 5.75 Å². The van der Waals surface area contributed by atoms with Gasteiger partial charge in [-0.1, -0.05) is 60.2 Å². The highest BCUT2D eigenvalue weighted by Crippen LogP contribution is 2.44. The lowest BCUT2D eigenvalue weighted by atomic mass is 9.88. The third-order valence-electron chi connectivity index (χ3n) is 8.69. The van der Waals surface area contributed by atoms with Crippen molar-refractivity contribution in [2.75, 3.05) is 18.6 Å². The van der Waals surface area contributed by atoms with Gasteiger partial charge in [0.15, 0.2) is 0 Å². The van der Waals surface area contributed by atoms with Crippen LogP contribution >= 0.6 is 0 Å². The molecule has 2 aliphatic rings. The molecule has 44 heavy (non-hydrogen) atoms. The van der Waals surface area contributed by atoms with Crippen LogP contribution < -0.4 is 15.0 Å². The van der Waals surface area contributed by atoms with Gasteiger partial charge < -0.3 is 15.0 Å². The molecule has 0 radical (unpaired) electrons. The van der Waals surface area contributed by atoms with E-state index in [2.05, 4.69) is 16.4 Å². The monoisotopic (exact) mass is 584 g/mol. The number of aryl methyl sites for hydroxylation is 1. The van der Waals surface area contributed by atoms with E-state index in [9.17, 15) is 14.4 Å². The van der Waals surface area contributed by atoms with E-state index in [1.54, 1.807) is 36.3 Å². The molecular weight excluding hydrogens is 552 g/mol. The summed E-state index contributed by atoms with van der Waals surface area (Å²) in [5.41, 5.74) is 7.05. The summed E-state index contributed by atoms with van der Waals surface area (Å²) in [4.78, 5) is 47.4. The number of methoxy groups -OCH3 is 1. The maximum Gasteiger partial charge on any atom is 0.332 e. The molecule has 1 aromatic heterocycles. The summed E-state index contributed by atoms with van der Waals surface area (Å²) in [5, 5.41) is 4.01. The molecule has 5 aromatic rings. The fourth-order valence-corrected chi connectivity index (χ4v) is 6.38. The molecule has 0 aliphatic carbocycles. The standard InChI is InChI=1S/C36H32N4O4/c1-22-7-11-24(12-8-22)33-32-29(28-5-3-4-6-30(28)38-32)21-31-35(42)39(36(43)40(31)33)26-15-13-25(14-16-26)34(41)37-20-19-23-9-17-27(44-2)18-10-23/h3-18,31,33,38H,19-21H2,1-2H3,(H,37,41)/t31-,33-/m0/s1. The van der Waals surface area contributed by atoms with Gasteiger partial charge in [0.05, 0.1) is 12.8 Å². The van der Waals surface area contributed by atoms with Gasteiger partial charge in [-0.2, -0.15) is 0 Å². The minimum Gasteiger partial charge on any atom is -0.497 e. The third-order valence-corrected chi connectivity index (χ3v) is 8.69. The van der Waals surface area contributed by atoms with Gasteiger partial charge in [0.25, 0.3) is 11.8 Å². The lowest BCUT2D eigenvalue weighted by Gasteiger charge is -2.36. The Morgan fingerprint density at radius 2 is 1.66 bits per heavy atom. The quantitative estimate of drug-likeness (QED) is 0.232. The van der Waals surface area contributed by atoms with Gasteiger partial charge in [0, 0.05) is 35.1 Å². The molecule has 2 aliphatic heterocycles. The van der Waals surface area contributed by atoms with E-state index >= 15 is 0 Å². The largest absolute Gasteiger partial charge is 0.497 e. The summed E-state index contributed by atoms with van der Waals surface area (Å²) in [6.45, 7) is 2.50. The van der Waals surface area contributed by atoms with Crippen molar-refractivity contribution >= 4 is 34.4 Å². The molecule has 4 amide bonds. The van der Waals surface area contributed by atoms with E-state index in [4.69, 9.17) is 4.74 Å². The average Bonchev–Trinajstić information content (AvgIpc) is 3.54. The fraction of sp³-hybridized carbons (Fsp3) is 0.194. The second-order valence-electron chi connectivity index (χ2n) is 11.4. The molecule has 2 N–H and O–H groups in total. The van der Waals surface area contributed by atoms with Crippen LogP contribution in [0.1, 0.15) is 44.3 Å². The number of hydrogen-bond acceptors (Lipinski definition) is 4. The van der Waals surface area contributed by atoms with Crippen LogP contribution in [-0.4, -0.2) is 47.4 Å². The zero-order chi connectivity index (χ0) is 30.4. The van der Waals surface area contributed by atoms with Crippen molar-refractivity contribution in [3.63, 3.8) is 0 Å². The van der Waals surface area contributed by atoms with Crippen LogP contribution in [0.15, 0.2) is 97.1 Å². The number of ether oxygens (including phenoxy) is 1. The second kappa shape index (κ2) is 11.0. The molecule has 7 rings (SSSR count). The van der Waals surface area contributed by atoms with Gasteiger partial charge in [-0.3, -0.25) is 14.5 Å². The molecule has 0 saturated carbocycles. The maximum atomic E-state index is 14.1. The van der Waals surface area contributed by atoms with E-state index in [1.165, 1.54) is 4.90 Å². The Hall–Kier alpha value is -5.37.